The second-order valence-corrected chi connectivity index (χ2v) is 10.5. The molecule has 0 amide bonds. The number of sulfone groups is 1. The van der Waals surface area contributed by atoms with E-state index in [0.29, 0.717) is 4.47 Å². The average molecular weight is 400 g/mol. The first-order valence-electron chi connectivity index (χ1n) is 5.93. The summed E-state index contributed by atoms with van der Waals surface area (Å²) in [6, 6.07) is 4.56. The predicted octanol–water partition coefficient (Wildman–Crippen LogP) is 1.56. The normalized spacial score (nSPS) is 13.2. The zero-order valence-corrected chi connectivity index (χ0v) is 15.4. The van der Waals surface area contributed by atoms with Gasteiger partial charge in [-0.05, 0) is 32.0 Å². The van der Waals surface area contributed by atoms with Crippen molar-refractivity contribution < 1.29 is 21.6 Å². The van der Waals surface area contributed by atoms with Crippen LogP contribution in [0.3, 0.4) is 0 Å². The Bertz CT molecular complexity index is 726. The number of ether oxygens (including phenoxy) is 1. The molecular formula is C12H18BrNO5S2. The molecule has 0 aliphatic carbocycles. The Morgan fingerprint density at radius 2 is 1.81 bits per heavy atom. The van der Waals surface area contributed by atoms with Gasteiger partial charge in [0.1, 0.15) is 10.6 Å². The molecule has 0 radical (unpaired) electrons. The quantitative estimate of drug-likeness (QED) is 0.783. The fourth-order valence-electron chi connectivity index (χ4n) is 1.34. The van der Waals surface area contributed by atoms with E-state index in [1.54, 1.807) is 6.07 Å². The Morgan fingerprint density at radius 3 is 2.29 bits per heavy atom. The second kappa shape index (κ2) is 6.23. The van der Waals surface area contributed by atoms with Crippen molar-refractivity contribution in [2.45, 2.75) is 23.5 Å². The Balaban J connectivity index is 3.12. The fourth-order valence-corrected chi connectivity index (χ4v) is 3.68. The highest BCUT2D eigenvalue weighted by molar-refractivity contribution is 9.10. The van der Waals surface area contributed by atoms with Crippen LogP contribution in [-0.4, -0.2) is 41.5 Å². The van der Waals surface area contributed by atoms with Crippen molar-refractivity contribution in [3.8, 4) is 5.75 Å². The van der Waals surface area contributed by atoms with E-state index in [4.69, 9.17) is 4.74 Å². The number of rotatable bonds is 6. The molecule has 0 saturated carbocycles. The monoisotopic (exact) mass is 399 g/mol. The van der Waals surface area contributed by atoms with Gasteiger partial charge in [-0.15, -0.1) is 0 Å². The van der Waals surface area contributed by atoms with Gasteiger partial charge in [-0.2, -0.15) is 0 Å². The van der Waals surface area contributed by atoms with Gasteiger partial charge in [-0.25, -0.2) is 21.6 Å². The maximum Gasteiger partial charge on any atom is 0.244 e. The minimum atomic E-state index is -3.89. The average Bonchev–Trinajstić information content (AvgIpc) is 2.35. The molecule has 1 rings (SSSR count). The van der Waals surface area contributed by atoms with Gasteiger partial charge in [0, 0.05) is 17.3 Å². The molecule has 120 valence electrons. The fraction of sp³-hybridized carbons (Fsp3) is 0.500. The van der Waals surface area contributed by atoms with Crippen LogP contribution >= 0.6 is 15.9 Å². The molecule has 0 aliphatic rings. The highest BCUT2D eigenvalue weighted by atomic mass is 79.9. The SMILES string of the molecule is COc1ccc(Br)cc1S(=O)(=O)NCC(C)(C)S(C)(=O)=O. The lowest BCUT2D eigenvalue weighted by Gasteiger charge is -2.23. The van der Waals surface area contributed by atoms with Crippen molar-refractivity contribution in [3.05, 3.63) is 22.7 Å². The van der Waals surface area contributed by atoms with Gasteiger partial charge in [-0.1, -0.05) is 15.9 Å². The predicted molar refractivity (Wildman–Crippen MR) is 84.8 cm³/mol. The molecule has 0 spiro atoms. The lowest BCUT2D eigenvalue weighted by molar-refractivity contribution is 0.402. The summed E-state index contributed by atoms with van der Waals surface area (Å²) in [6.07, 6.45) is 1.07. The van der Waals surface area contributed by atoms with Crippen LogP contribution in [0.4, 0.5) is 0 Å². The number of nitrogens with one attached hydrogen (secondary N) is 1. The van der Waals surface area contributed by atoms with E-state index in [-0.39, 0.29) is 17.2 Å². The molecule has 1 N–H and O–H groups in total. The molecule has 0 saturated heterocycles. The van der Waals surface area contributed by atoms with E-state index < -0.39 is 24.6 Å². The van der Waals surface area contributed by atoms with Gasteiger partial charge in [0.15, 0.2) is 9.84 Å². The third-order valence-electron chi connectivity index (χ3n) is 3.11. The third kappa shape index (κ3) is 4.41. The van der Waals surface area contributed by atoms with Crippen LogP contribution in [0.5, 0.6) is 5.75 Å². The van der Waals surface area contributed by atoms with Crippen LogP contribution < -0.4 is 9.46 Å². The second-order valence-electron chi connectivity index (χ2n) is 5.15. The van der Waals surface area contributed by atoms with Crippen molar-refractivity contribution in [2.75, 3.05) is 19.9 Å². The summed E-state index contributed by atoms with van der Waals surface area (Å²) in [5.74, 6) is 0.183. The van der Waals surface area contributed by atoms with Crippen molar-refractivity contribution >= 4 is 35.8 Å². The first-order chi connectivity index (χ1) is 9.40. The van der Waals surface area contributed by atoms with Crippen molar-refractivity contribution in [1.29, 1.82) is 0 Å². The first kappa shape index (κ1) is 18.4. The third-order valence-corrected chi connectivity index (χ3v) is 7.17. The van der Waals surface area contributed by atoms with Crippen LogP contribution in [-0.2, 0) is 19.9 Å². The molecule has 1 aromatic carbocycles. The highest BCUT2D eigenvalue weighted by Crippen LogP contribution is 2.27. The summed E-state index contributed by atoms with van der Waals surface area (Å²) in [5, 5.41) is 0. The molecule has 0 aliphatic heterocycles. The molecule has 0 atom stereocenters. The molecule has 21 heavy (non-hydrogen) atoms. The molecule has 9 heteroatoms. The zero-order chi connectivity index (χ0) is 16.5. The van der Waals surface area contributed by atoms with E-state index in [9.17, 15) is 16.8 Å². The number of sulfonamides is 1. The van der Waals surface area contributed by atoms with E-state index in [0.717, 1.165) is 6.26 Å². The molecule has 1 aromatic rings. The van der Waals surface area contributed by atoms with Gasteiger partial charge < -0.3 is 4.74 Å². The minimum Gasteiger partial charge on any atom is -0.495 e. The standard InChI is InChI=1S/C12H18BrNO5S2/c1-12(2,20(4,15)16)8-14-21(17,18)11-7-9(13)5-6-10(11)19-3/h5-7,14H,8H2,1-4H3. The summed E-state index contributed by atoms with van der Waals surface area (Å²) < 4.78 is 54.6. The van der Waals surface area contributed by atoms with Gasteiger partial charge >= 0.3 is 0 Å². The molecule has 0 aromatic heterocycles. The number of halogens is 1. The van der Waals surface area contributed by atoms with Crippen LogP contribution in [0, 0.1) is 0 Å². The van der Waals surface area contributed by atoms with Crippen LogP contribution in [0.15, 0.2) is 27.6 Å². The lowest BCUT2D eigenvalue weighted by Crippen LogP contribution is -2.43. The molecule has 0 bridgehead atoms. The smallest absolute Gasteiger partial charge is 0.244 e. The molecular weight excluding hydrogens is 382 g/mol. The Kier molecular flexibility index (Phi) is 5.46. The highest BCUT2D eigenvalue weighted by Gasteiger charge is 2.32. The number of benzene rings is 1. The first-order valence-corrected chi connectivity index (χ1v) is 10.1. The summed E-state index contributed by atoms with van der Waals surface area (Å²) in [4.78, 5) is -0.0522. The summed E-state index contributed by atoms with van der Waals surface area (Å²) in [6.45, 7) is 2.69. The van der Waals surface area contributed by atoms with E-state index in [1.807, 2.05) is 0 Å². The van der Waals surface area contributed by atoms with E-state index >= 15 is 0 Å². The Morgan fingerprint density at radius 1 is 1.24 bits per heavy atom. The van der Waals surface area contributed by atoms with Gasteiger partial charge in [0.05, 0.1) is 11.9 Å². The molecule has 0 unspecified atom stereocenters. The van der Waals surface area contributed by atoms with Crippen LogP contribution in [0.2, 0.25) is 0 Å². The summed E-state index contributed by atoms with van der Waals surface area (Å²) in [5.41, 5.74) is 0. The van der Waals surface area contributed by atoms with Crippen molar-refractivity contribution in [1.82, 2.24) is 4.72 Å². The largest absolute Gasteiger partial charge is 0.495 e. The molecule has 6 nitrogen and oxygen atoms in total. The Labute approximate surface area is 134 Å². The van der Waals surface area contributed by atoms with E-state index in [2.05, 4.69) is 20.7 Å². The van der Waals surface area contributed by atoms with E-state index in [1.165, 1.54) is 33.1 Å². The van der Waals surface area contributed by atoms with Gasteiger partial charge in [0.2, 0.25) is 10.0 Å². The maximum absolute atomic E-state index is 12.3. The summed E-state index contributed by atoms with van der Waals surface area (Å²) in [7, 11) is -5.92. The number of methoxy groups -OCH3 is 1. The molecule has 0 heterocycles. The van der Waals surface area contributed by atoms with Gasteiger partial charge in [-0.3, -0.25) is 0 Å². The van der Waals surface area contributed by atoms with Gasteiger partial charge in [0.25, 0.3) is 0 Å². The lowest BCUT2D eigenvalue weighted by atomic mass is 10.2. The maximum atomic E-state index is 12.3. The van der Waals surface area contributed by atoms with Crippen molar-refractivity contribution in [3.63, 3.8) is 0 Å². The van der Waals surface area contributed by atoms with Crippen molar-refractivity contribution in [2.24, 2.45) is 0 Å². The van der Waals surface area contributed by atoms with Crippen LogP contribution in [0.1, 0.15) is 13.8 Å². The molecule has 0 fully saturated rings. The summed E-state index contributed by atoms with van der Waals surface area (Å²) >= 11 is 3.20. The number of hydrogen-bond acceptors (Lipinski definition) is 5. The van der Waals surface area contributed by atoms with Crippen LogP contribution in [0.25, 0.3) is 0 Å². The number of hydrogen-bond donors (Lipinski definition) is 1. The topological polar surface area (TPSA) is 89.5 Å². The Hall–Kier alpha value is -0.640. The minimum absolute atomic E-state index is 0.0522. The zero-order valence-electron chi connectivity index (χ0n) is 12.2.